The van der Waals surface area contributed by atoms with Gasteiger partial charge in [-0.05, 0) is 42.5 Å². The summed E-state index contributed by atoms with van der Waals surface area (Å²) in [7, 11) is 0. The van der Waals surface area contributed by atoms with E-state index in [1.54, 1.807) is 0 Å². The summed E-state index contributed by atoms with van der Waals surface area (Å²) >= 11 is 0. The molecule has 0 radical (unpaired) electrons. The Morgan fingerprint density at radius 2 is 2.09 bits per heavy atom. The van der Waals surface area contributed by atoms with Crippen LogP contribution in [0.15, 0.2) is 18.2 Å². The first-order valence-electron chi connectivity index (χ1n) is 3.76. The van der Waals surface area contributed by atoms with Crippen LogP contribution in [0.3, 0.4) is 0 Å². The molecule has 0 atom stereocenters. The highest BCUT2D eigenvalue weighted by atomic mass is 19.1. The van der Waals surface area contributed by atoms with E-state index in [9.17, 15) is 9.50 Å². The van der Waals surface area contributed by atoms with Crippen LogP contribution in [-0.4, -0.2) is 5.11 Å². The number of phenolic OH excluding ortho intramolecular Hbond substituents is 1. The molecular formula is C9H9FO. The molecule has 0 heterocycles. The average Bonchev–Trinajstić information content (AvgIpc) is 2.76. The lowest BCUT2D eigenvalue weighted by Crippen LogP contribution is -1.82. The highest BCUT2D eigenvalue weighted by molar-refractivity contribution is 5.37. The van der Waals surface area contributed by atoms with Crippen molar-refractivity contribution in [3.05, 3.63) is 29.6 Å². The Hall–Kier alpha value is -1.05. The fraction of sp³-hybridized carbons (Fsp3) is 0.333. The minimum atomic E-state index is -0.260. The lowest BCUT2D eigenvalue weighted by molar-refractivity contribution is 0.465. The topological polar surface area (TPSA) is 20.2 Å². The van der Waals surface area contributed by atoms with Gasteiger partial charge >= 0.3 is 0 Å². The van der Waals surface area contributed by atoms with E-state index in [0.29, 0.717) is 5.92 Å². The van der Waals surface area contributed by atoms with Crippen molar-refractivity contribution in [1.29, 1.82) is 0 Å². The quantitative estimate of drug-likeness (QED) is 0.655. The van der Waals surface area contributed by atoms with Crippen molar-refractivity contribution >= 4 is 0 Å². The van der Waals surface area contributed by atoms with Gasteiger partial charge in [-0.1, -0.05) is 0 Å². The van der Waals surface area contributed by atoms with Crippen LogP contribution in [0.25, 0.3) is 0 Å². The Kier molecular flexibility index (Phi) is 1.34. The molecule has 0 aliphatic heterocycles. The second-order valence-corrected chi connectivity index (χ2v) is 2.98. The summed E-state index contributed by atoms with van der Waals surface area (Å²) in [5.74, 6) is 0.379. The third-order valence-corrected chi connectivity index (χ3v) is 2.01. The van der Waals surface area contributed by atoms with Crippen LogP contribution in [0.1, 0.15) is 24.3 Å². The van der Waals surface area contributed by atoms with Crippen molar-refractivity contribution in [2.75, 3.05) is 0 Å². The van der Waals surface area contributed by atoms with Crippen LogP contribution in [0, 0.1) is 5.82 Å². The Labute approximate surface area is 64.5 Å². The fourth-order valence-corrected chi connectivity index (χ4v) is 1.25. The second kappa shape index (κ2) is 2.22. The fourth-order valence-electron chi connectivity index (χ4n) is 1.25. The summed E-state index contributed by atoms with van der Waals surface area (Å²) in [4.78, 5) is 0. The number of benzene rings is 1. The molecule has 58 valence electrons. The molecule has 1 aliphatic rings. The molecule has 0 saturated heterocycles. The molecule has 1 aromatic rings. The van der Waals surface area contributed by atoms with E-state index in [1.807, 2.05) is 0 Å². The van der Waals surface area contributed by atoms with Crippen LogP contribution in [0.2, 0.25) is 0 Å². The van der Waals surface area contributed by atoms with Gasteiger partial charge < -0.3 is 5.11 Å². The molecule has 0 bridgehead atoms. The van der Waals surface area contributed by atoms with Crippen LogP contribution in [0.5, 0.6) is 5.75 Å². The highest BCUT2D eigenvalue weighted by Gasteiger charge is 2.26. The monoisotopic (exact) mass is 152 g/mol. The summed E-state index contributed by atoms with van der Waals surface area (Å²) in [5.41, 5.74) is 0.769. The van der Waals surface area contributed by atoms with E-state index in [4.69, 9.17) is 0 Å². The Morgan fingerprint density at radius 1 is 1.36 bits per heavy atom. The summed E-state index contributed by atoms with van der Waals surface area (Å²) in [6.45, 7) is 0. The minimum Gasteiger partial charge on any atom is -0.508 e. The molecule has 1 fully saturated rings. The van der Waals surface area contributed by atoms with Crippen LogP contribution >= 0.6 is 0 Å². The normalized spacial score (nSPS) is 16.8. The molecule has 1 aliphatic carbocycles. The third-order valence-electron chi connectivity index (χ3n) is 2.01. The van der Waals surface area contributed by atoms with Gasteiger partial charge in [-0.2, -0.15) is 0 Å². The maximum atomic E-state index is 12.6. The maximum Gasteiger partial charge on any atom is 0.123 e. The lowest BCUT2D eigenvalue weighted by atomic mass is 10.1. The third kappa shape index (κ3) is 1.20. The van der Waals surface area contributed by atoms with Gasteiger partial charge in [0.15, 0.2) is 0 Å². The van der Waals surface area contributed by atoms with E-state index in [0.717, 1.165) is 18.4 Å². The molecule has 0 unspecified atom stereocenters. The van der Waals surface area contributed by atoms with Crippen molar-refractivity contribution in [2.45, 2.75) is 18.8 Å². The van der Waals surface area contributed by atoms with Crippen molar-refractivity contribution in [3.8, 4) is 5.75 Å². The molecule has 0 amide bonds. The number of hydrogen-bond donors (Lipinski definition) is 1. The minimum absolute atomic E-state index is 0.230. The van der Waals surface area contributed by atoms with Gasteiger partial charge in [-0.15, -0.1) is 0 Å². The largest absolute Gasteiger partial charge is 0.508 e. The molecule has 1 aromatic carbocycles. The Bertz CT molecular complexity index is 279. The zero-order valence-electron chi connectivity index (χ0n) is 6.05. The standard InChI is InChI=1S/C9H9FO/c10-7-3-4-9(11)8(5-7)6-1-2-6/h3-6,11H,1-2H2. The zero-order chi connectivity index (χ0) is 7.84. The van der Waals surface area contributed by atoms with Gasteiger partial charge in [0.25, 0.3) is 0 Å². The van der Waals surface area contributed by atoms with E-state index in [-0.39, 0.29) is 11.6 Å². The van der Waals surface area contributed by atoms with Crippen molar-refractivity contribution in [3.63, 3.8) is 0 Å². The molecule has 2 rings (SSSR count). The summed E-state index contributed by atoms with van der Waals surface area (Å²) in [5, 5.41) is 9.28. The highest BCUT2D eigenvalue weighted by Crippen LogP contribution is 2.43. The summed E-state index contributed by atoms with van der Waals surface area (Å²) in [6.07, 6.45) is 2.16. The van der Waals surface area contributed by atoms with Crippen molar-refractivity contribution < 1.29 is 9.50 Å². The Morgan fingerprint density at radius 3 is 2.73 bits per heavy atom. The Balaban J connectivity index is 2.42. The molecular weight excluding hydrogens is 143 g/mol. The number of rotatable bonds is 1. The van der Waals surface area contributed by atoms with Crippen LogP contribution in [-0.2, 0) is 0 Å². The molecule has 1 nitrogen and oxygen atoms in total. The number of hydrogen-bond acceptors (Lipinski definition) is 1. The average molecular weight is 152 g/mol. The summed E-state index contributed by atoms with van der Waals surface area (Å²) in [6, 6.07) is 4.12. The first-order valence-corrected chi connectivity index (χ1v) is 3.76. The predicted molar refractivity (Wildman–Crippen MR) is 40.0 cm³/mol. The van der Waals surface area contributed by atoms with Gasteiger partial charge in [-0.25, -0.2) is 4.39 Å². The first kappa shape index (κ1) is 6.65. The summed E-state index contributed by atoms with van der Waals surface area (Å²) < 4.78 is 12.6. The predicted octanol–water partition coefficient (Wildman–Crippen LogP) is 2.41. The van der Waals surface area contributed by atoms with Crippen molar-refractivity contribution in [2.24, 2.45) is 0 Å². The lowest BCUT2D eigenvalue weighted by Gasteiger charge is -2.00. The van der Waals surface area contributed by atoms with Gasteiger partial charge in [0.05, 0.1) is 0 Å². The van der Waals surface area contributed by atoms with Crippen molar-refractivity contribution in [1.82, 2.24) is 0 Å². The van der Waals surface area contributed by atoms with E-state index in [1.165, 1.54) is 18.2 Å². The number of phenols is 1. The first-order chi connectivity index (χ1) is 5.27. The van der Waals surface area contributed by atoms with Gasteiger partial charge in [0, 0.05) is 0 Å². The second-order valence-electron chi connectivity index (χ2n) is 2.98. The number of halogens is 1. The van der Waals surface area contributed by atoms with E-state index < -0.39 is 0 Å². The molecule has 1 N–H and O–H groups in total. The van der Waals surface area contributed by atoms with E-state index >= 15 is 0 Å². The maximum absolute atomic E-state index is 12.6. The molecule has 1 saturated carbocycles. The SMILES string of the molecule is Oc1ccc(F)cc1C1CC1. The molecule has 0 spiro atoms. The van der Waals surface area contributed by atoms with Gasteiger partial charge in [-0.3, -0.25) is 0 Å². The number of aromatic hydroxyl groups is 1. The van der Waals surface area contributed by atoms with Crippen LogP contribution < -0.4 is 0 Å². The van der Waals surface area contributed by atoms with Gasteiger partial charge in [0.2, 0.25) is 0 Å². The molecule has 11 heavy (non-hydrogen) atoms. The van der Waals surface area contributed by atoms with E-state index in [2.05, 4.69) is 0 Å². The zero-order valence-corrected chi connectivity index (χ0v) is 6.05. The van der Waals surface area contributed by atoms with Gasteiger partial charge in [0.1, 0.15) is 11.6 Å². The molecule has 0 aromatic heterocycles. The molecule has 2 heteroatoms. The smallest absolute Gasteiger partial charge is 0.123 e. The van der Waals surface area contributed by atoms with Crippen LogP contribution in [0.4, 0.5) is 4.39 Å².